The third-order valence-corrected chi connectivity index (χ3v) is 4.20. The van der Waals surface area contributed by atoms with Gasteiger partial charge in [-0.25, -0.2) is 0 Å². The third kappa shape index (κ3) is 3.17. The number of aromatic nitrogens is 1. The molecule has 0 saturated carbocycles. The number of hydrogen-bond donors (Lipinski definition) is 1. The van der Waals surface area contributed by atoms with Gasteiger partial charge in [0.1, 0.15) is 0 Å². The number of pyridine rings is 1. The zero-order valence-corrected chi connectivity index (χ0v) is 12.6. The van der Waals surface area contributed by atoms with Gasteiger partial charge in [-0.05, 0) is 30.5 Å². The van der Waals surface area contributed by atoms with Crippen LogP contribution in [0.5, 0.6) is 0 Å². The van der Waals surface area contributed by atoms with Crippen molar-refractivity contribution in [2.24, 2.45) is 5.73 Å². The monoisotopic (exact) mass is 295 g/mol. The van der Waals surface area contributed by atoms with Gasteiger partial charge >= 0.3 is 0 Å². The Labute approximate surface area is 131 Å². The van der Waals surface area contributed by atoms with Crippen LogP contribution in [-0.2, 0) is 11.2 Å². The number of nitrogens with zero attached hydrogens (tertiary/aromatic N) is 2. The van der Waals surface area contributed by atoms with Crippen molar-refractivity contribution in [2.45, 2.75) is 31.3 Å². The maximum atomic E-state index is 12.7. The minimum Gasteiger partial charge on any atom is -0.334 e. The molecule has 114 valence electrons. The van der Waals surface area contributed by atoms with E-state index in [4.69, 9.17) is 5.73 Å². The van der Waals surface area contributed by atoms with Gasteiger partial charge in [-0.1, -0.05) is 36.4 Å². The average Bonchev–Trinajstić information content (AvgIpc) is 2.56. The van der Waals surface area contributed by atoms with Gasteiger partial charge in [0.15, 0.2) is 0 Å². The smallest absolute Gasteiger partial charge is 0.229 e. The number of piperidine rings is 1. The van der Waals surface area contributed by atoms with Gasteiger partial charge in [0, 0.05) is 24.5 Å². The van der Waals surface area contributed by atoms with E-state index in [1.54, 1.807) is 6.20 Å². The Kier molecular flexibility index (Phi) is 4.49. The summed E-state index contributed by atoms with van der Waals surface area (Å²) in [7, 11) is 0. The Balaban J connectivity index is 1.81. The fourth-order valence-electron chi connectivity index (χ4n) is 3.14. The summed E-state index contributed by atoms with van der Waals surface area (Å²) in [6.07, 6.45) is 3.96. The standard InChI is InChI=1S/C18H21N3O/c19-16-10-6-12-21(18(16)14-7-2-1-3-8-14)17(22)13-15-9-4-5-11-20-15/h1-5,7-9,11,16,18H,6,10,12-13,19H2. The largest absolute Gasteiger partial charge is 0.334 e. The lowest BCUT2D eigenvalue weighted by Crippen LogP contribution is -2.49. The van der Waals surface area contributed by atoms with Crippen molar-refractivity contribution < 1.29 is 4.79 Å². The topological polar surface area (TPSA) is 59.2 Å². The molecule has 2 unspecified atom stereocenters. The quantitative estimate of drug-likeness (QED) is 0.945. The summed E-state index contributed by atoms with van der Waals surface area (Å²) in [6.45, 7) is 0.763. The second-order valence-corrected chi connectivity index (χ2v) is 5.75. The third-order valence-electron chi connectivity index (χ3n) is 4.20. The second kappa shape index (κ2) is 6.71. The Bertz CT molecular complexity index is 615. The van der Waals surface area contributed by atoms with E-state index < -0.39 is 0 Å². The van der Waals surface area contributed by atoms with E-state index in [1.807, 2.05) is 41.3 Å². The van der Waals surface area contributed by atoms with Crippen molar-refractivity contribution in [2.75, 3.05) is 6.54 Å². The molecular formula is C18H21N3O. The molecule has 4 heteroatoms. The number of amides is 1. The lowest BCUT2D eigenvalue weighted by molar-refractivity contribution is -0.134. The fourth-order valence-corrected chi connectivity index (χ4v) is 3.14. The zero-order chi connectivity index (χ0) is 15.4. The molecule has 1 aliphatic rings. The number of rotatable bonds is 3. The van der Waals surface area contributed by atoms with Gasteiger partial charge in [-0.15, -0.1) is 0 Å². The van der Waals surface area contributed by atoms with E-state index in [0.29, 0.717) is 6.42 Å². The normalized spacial score (nSPS) is 21.6. The first kappa shape index (κ1) is 14.7. The number of benzene rings is 1. The number of hydrogen-bond acceptors (Lipinski definition) is 3. The molecule has 0 radical (unpaired) electrons. The number of carbonyl (C=O) groups is 1. The molecule has 2 heterocycles. The lowest BCUT2D eigenvalue weighted by Gasteiger charge is -2.40. The SMILES string of the molecule is NC1CCCN(C(=O)Cc2ccccn2)C1c1ccccc1. The van der Waals surface area contributed by atoms with Crippen LogP contribution >= 0.6 is 0 Å². The summed E-state index contributed by atoms with van der Waals surface area (Å²) >= 11 is 0. The number of carbonyl (C=O) groups excluding carboxylic acids is 1. The van der Waals surface area contributed by atoms with E-state index in [0.717, 1.165) is 30.6 Å². The molecule has 1 aliphatic heterocycles. The lowest BCUT2D eigenvalue weighted by atomic mass is 9.90. The Morgan fingerprint density at radius 2 is 1.95 bits per heavy atom. The van der Waals surface area contributed by atoms with Crippen LogP contribution in [0, 0.1) is 0 Å². The molecule has 1 saturated heterocycles. The minimum absolute atomic E-state index is 0.0103. The molecule has 0 aliphatic carbocycles. The minimum atomic E-state index is -0.0360. The molecule has 1 aromatic carbocycles. The molecule has 1 fully saturated rings. The van der Waals surface area contributed by atoms with Gasteiger partial charge < -0.3 is 10.6 Å². The first-order chi connectivity index (χ1) is 10.8. The summed E-state index contributed by atoms with van der Waals surface area (Å²) in [6, 6.07) is 15.7. The van der Waals surface area contributed by atoms with Crippen LogP contribution in [0.1, 0.15) is 30.1 Å². The van der Waals surface area contributed by atoms with Gasteiger partial charge in [-0.2, -0.15) is 0 Å². The van der Waals surface area contributed by atoms with Crippen molar-refractivity contribution in [1.29, 1.82) is 0 Å². The van der Waals surface area contributed by atoms with Gasteiger partial charge in [0.2, 0.25) is 5.91 Å². The fraction of sp³-hybridized carbons (Fsp3) is 0.333. The van der Waals surface area contributed by atoms with Crippen molar-refractivity contribution in [1.82, 2.24) is 9.88 Å². The maximum Gasteiger partial charge on any atom is 0.229 e. The van der Waals surface area contributed by atoms with E-state index in [9.17, 15) is 4.79 Å². The molecule has 2 N–H and O–H groups in total. The number of likely N-dealkylation sites (tertiary alicyclic amines) is 1. The highest BCUT2D eigenvalue weighted by Crippen LogP contribution is 2.30. The molecular weight excluding hydrogens is 274 g/mol. The van der Waals surface area contributed by atoms with Crippen molar-refractivity contribution in [3.63, 3.8) is 0 Å². The molecule has 1 amide bonds. The van der Waals surface area contributed by atoms with Crippen LogP contribution < -0.4 is 5.73 Å². The van der Waals surface area contributed by atoms with Crippen LogP contribution in [0.25, 0.3) is 0 Å². The van der Waals surface area contributed by atoms with Crippen LogP contribution in [0.15, 0.2) is 54.7 Å². The Morgan fingerprint density at radius 1 is 1.18 bits per heavy atom. The highest BCUT2D eigenvalue weighted by atomic mass is 16.2. The van der Waals surface area contributed by atoms with Crippen LogP contribution in [0.4, 0.5) is 0 Å². The molecule has 2 atom stereocenters. The molecule has 1 aromatic heterocycles. The van der Waals surface area contributed by atoms with Crippen molar-refractivity contribution in [3.05, 3.63) is 66.0 Å². The van der Waals surface area contributed by atoms with Gasteiger partial charge in [0.05, 0.1) is 12.5 Å². The second-order valence-electron chi connectivity index (χ2n) is 5.75. The predicted octanol–water partition coefficient (Wildman–Crippen LogP) is 2.32. The summed E-state index contributed by atoms with van der Waals surface area (Å²) in [5.41, 5.74) is 8.24. The maximum absolute atomic E-state index is 12.7. The predicted molar refractivity (Wildman–Crippen MR) is 86.0 cm³/mol. The summed E-state index contributed by atoms with van der Waals surface area (Å²) in [5, 5.41) is 0. The van der Waals surface area contributed by atoms with Crippen molar-refractivity contribution >= 4 is 5.91 Å². The highest BCUT2D eigenvalue weighted by Gasteiger charge is 2.33. The Morgan fingerprint density at radius 3 is 2.68 bits per heavy atom. The first-order valence-electron chi connectivity index (χ1n) is 7.75. The summed E-state index contributed by atoms with van der Waals surface area (Å²) in [4.78, 5) is 18.9. The highest BCUT2D eigenvalue weighted by molar-refractivity contribution is 5.79. The molecule has 22 heavy (non-hydrogen) atoms. The Hall–Kier alpha value is -2.20. The van der Waals surface area contributed by atoms with Gasteiger partial charge in [-0.3, -0.25) is 9.78 Å². The van der Waals surface area contributed by atoms with Crippen LogP contribution in [0.3, 0.4) is 0 Å². The van der Waals surface area contributed by atoms with E-state index in [1.165, 1.54) is 0 Å². The van der Waals surface area contributed by atoms with Gasteiger partial charge in [0.25, 0.3) is 0 Å². The van der Waals surface area contributed by atoms with Crippen molar-refractivity contribution in [3.8, 4) is 0 Å². The average molecular weight is 295 g/mol. The molecule has 3 rings (SSSR count). The summed E-state index contributed by atoms with van der Waals surface area (Å²) in [5.74, 6) is 0.0997. The molecule has 4 nitrogen and oxygen atoms in total. The molecule has 0 bridgehead atoms. The molecule has 2 aromatic rings. The van der Waals surface area contributed by atoms with E-state index in [-0.39, 0.29) is 18.0 Å². The zero-order valence-electron chi connectivity index (χ0n) is 12.6. The van der Waals surface area contributed by atoms with Crippen LogP contribution in [-0.4, -0.2) is 28.4 Å². The molecule has 0 spiro atoms. The first-order valence-corrected chi connectivity index (χ1v) is 7.75. The summed E-state index contributed by atoms with van der Waals surface area (Å²) < 4.78 is 0. The van der Waals surface area contributed by atoms with Crippen LogP contribution in [0.2, 0.25) is 0 Å². The van der Waals surface area contributed by atoms with E-state index in [2.05, 4.69) is 17.1 Å². The number of nitrogens with two attached hydrogens (primary N) is 1. The van der Waals surface area contributed by atoms with E-state index >= 15 is 0 Å².